The molecule has 0 aromatic heterocycles. The summed E-state index contributed by atoms with van der Waals surface area (Å²) in [6.07, 6.45) is 12.1. The van der Waals surface area contributed by atoms with E-state index in [9.17, 15) is 0 Å². The van der Waals surface area contributed by atoms with Gasteiger partial charge in [0.1, 0.15) is 0 Å². The Bertz CT molecular complexity index is 279. The van der Waals surface area contributed by atoms with E-state index in [0.717, 1.165) is 5.92 Å². The monoisotopic (exact) mass is 280 g/mol. The lowest BCUT2D eigenvalue weighted by atomic mass is 9.83. The molecule has 1 aliphatic carbocycles. The molecule has 20 heavy (non-hydrogen) atoms. The fraction of sp³-hybridized carbons (Fsp3) is 1.00. The third-order valence-corrected chi connectivity index (χ3v) is 5.45. The van der Waals surface area contributed by atoms with E-state index < -0.39 is 0 Å². The van der Waals surface area contributed by atoms with Crippen LogP contribution in [0.3, 0.4) is 0 Å². The first-order valence-electron chi connectivity index (χ1n) is 8.96. The molecule has 0 spiro atoms. The van der Waals surface area contributed by atoms with E-state index in [2.05, 4.69) is 17.1 Å². The quantitative estimate of drug-likeness (QED) is 0.810. The zero-order chi connectivity index (χ0) is 13.8. The third kappa shape index (κ3) is 3.75. The molecular weight excluding hydrogens is 248 g/mol. The Kier molecular flexibility index (Phi) is 5.36. The largest absolute Gasteiger partial charge is 0.372 e. The van der Waals surface area contributed by atoms with Crippen LogP contribution in [0.2, 0.25) is 0 Å². The molecule has 2 saturated heterocycles. The van der Waals surface area contributed by atoms with Crippen molar-refractivity contribution in [2.75, 3.05) is 26.2 Å². The molecule has 3 nitrogen and oxygen atoms in total. The molecule has 3 aliphatic rings. The summed E-state index contributed by atoms with van der Waals surface area (Å²) in [5.74, 6) is 0.913. The van der Waals surface area contributed by atoms with Gasteiger partial charge in [0.15, 0.2) is 0 Å². The van der Waals surface area contributed by atoms with E-state index in [0.29, 0.717) is 18.2 Å². The SMILES string of the molecule is CCCNC(CN1CC2CCC(C1)O2)C1CCCCC1. The predicted molar refractivity (Wildman–Crippen MR) is 83.0 cm³/mol. The molecule has 3 unspecified atom stereocenters. The third-order valence-electron chi connectivity index (χ3n) is 5.45. The average molecular weight is 280 g/mol. The summed E-state index contributed by atoms with van der Waals surface area (Å²) >= 11 is 0. The van der Waals surface area contributed by atoms with Gasteiger partial charge in [0.2, 0.25) is 0 Å². The van der Waals surface area contributed by atoms with Crippen LogP contribution in [0.5, 0.6) is 0 Å². The molecular formula is C17H32N2O. The summed E-state index contributed by atoms with van der Waals surface area (Å²) in [7, 11) is 0. The minimum atomic E-state index is 0.534. The lowest BCUT2D eigenvalue weighted by molar-refractivity contribution is -0.0429. The van der Waals surface area contributed by atoms with Gasteiger partial charge < -0.3 is 10.1 Å². The molecule has 0 aromatic carbocycles. The summed E-state index contributed by atoms with van der Waals surface area (Å²) in [6.45, 7) is 7.06. The Labute approximate surface area is 124 Å². The van der Waals surface area contributed by atoms with Crippen molar-refractivity contribution >= 4 is 0 Å². The number of nitrogens with one attached hydrogen (secondary N) is 1. The number of rotatable bonds is 6. The molecule has 116 valence electrons. The highest BCUT2D eigenvalue weighted by molar-refractivity contribution is 4.89. The number of hydrogen-bond acceptors (Lipinski definition) is 3. The highest BCUT2D eigenvalue weighted by Crippen LogP contribution is 2.30. The lowest BCUT2D eigenvalue weighted by Crippen LogP contribution is -2.51. The van der Waals surface area contributed by atoms with Gasteiger partial charge in [0.25, 0.3) is 0 Å². The second-order valence-corrected chi connectivity index (χ2v) is 7.13. The van der Waals surface area contributed by atoms with Crippen molar-refractivity contribution in [1.29, 1.82) is 0 Å². The molecule has 3 atom stereocenters. The molecule has 3 heteroatoms. The summed E-state index contributed by atoms with van der Waals surface area (Å²) < 4.78 is 5.97. The van der Waals surface area contributed by atoms with Gasteiger partial charge in [0, 0.05) is 25.7 Å². The summed E-state index contributed by atoms with van der Waals surface area (Å²) in [5, 5.41) is 3.85. The average Bonchev–Trinajstić information content (AvgIpc) is 2.83. The van der Waals surface area contributed by atoms with Gasteiger partial charge in [-0.25, -0.2) is 0 Å². The van der Waals surface area contributed by atoms with Crippen LogP contribution in [-0.2, 0) is 4.74 Å². The molecule has 3 fully saturated rings. The van der Waals surface area contributed by atoms with Crippen molar-refractivity contribution in [3.8, 4) is 0 Å². The number of morpholine rings is 1. The molecule has 0 radical (unpaired) electrons. The summed E-state index contributed by atoms with van der Waals surface area (Å²) in [4.78, 5) is 2.69. The topological polar surface area (TPSA) is 24.5 Å². The van der Waals surface area contributed by atoms with Gasteiger partial charge in [-0.1, -0.05) is 26.2 Å². The molecule has 0 aromatic rings. The maximum absolute atomic E-state index is 5.97. The highest BCUT2D eigenvalue weighted by atomic mass is 16.5. The van der Waals surface area contributed by atoms with Crippen molar-refractivity contribution < 1.29 is 4.74 Å². The van der Waals surface area contributed by atoms with Crippen molar-refractivity contribution in [3.05, 3.63) is 0 Å². The number of nitrogens with zero attached hydrogens (tertiary/aromatic N) is 1. The van der Waals surface area contributed by atoms with Gasteiger partial charge in [-0.05, 0) is 44.6 Å². The number of fused-ring (bicyclic) bond motifs is 2. The van der Waals surface area contributed by atoms with Gasteiger partial charge in [-0.3, -0.25) is 4.90 Å². The first-order valence-corrected chi connectivity index (χ1v) is 8.96. The van der Waals surface area contributed by atoms with Crippen LogP contribution < -0.4 is 5.32 Å². The minimum absolute atomic E-state index is 0.534. The summed E-state index contributed by atoms with van der Waals surface area (Å²) in [5.41, 5.74) is 0. The van der Waals surface area contributed by atoms with E-state index in [4.69, 9.17) is 4.74 Å². The second kappa shape index (κ2) is 7.24. The van der Waals surface area contributed by atoms with Crippen LogP contribution in [0.4, 0.5) is 0 Å². The van der Waals surface area contributed by atoms with Crippen molar-refractivity contribution in [3.63, 3.8) is 0 Å². The van der Waals surface area contributed by atoms with Crippen molar-refractivity contribution in [1.82, 2.24) is 10.2 Å². The minimum Gasteiger partial charge on any atom is -0.372 e. The molecule has 0 amide bonds. The lowest BCUT2D eigenvalue weighted by Gasteiger charge is -2.38. The summed E-state index contributed by atoms with van der Waals surface area (Å²) in [6, 6.07) is 0.716. The van der Waals surface area contributed by atoms with E-state index in [1.54, 1.807) is 0 Å². The number of ether oxygens (including phenoxy) is 1. The highest BCUT2D eigenvalue weighted by Gasteiger charge is 2.35. The Balaban J connectivity index is 1.54. The fourth-order valence-corrected chi connectivity index (χ4v) is 4.37. The van der Waals surface area contributed by atoms with Gasteiger partial charge in [-0.15, -0.1) is 0 Å². The number of likely N-dealkylation sites (tertiary alicyclic amines) is 1. The van der Waals surface area contributed by atoms with Gasteiger partial charge >= 0.3 is 0 Å². The van der Waals surface area contributed by atoms with Crippen molar-refractivity contribution in [2.24, 2.45) is 5.92 Å². The fourth-order valence-electron chi connectivity index (χ4n) is 4.37. The van der Waals surface area contributed by atoms with E-state index in [1.165, 1.54) is 77.5 Å². The molecule has 2 bridgehead atoms. The van der Waals surface area contributed by atoms with Crippen LogP contribution in [0, 0.1) is 5.92 Å². The Morgan fingerprint density at radius 2 is 1.75 bits per heavy atom. The van der Waals surface area contributed by atoms with Crippen LogP contribution in [-0.4, -0.2) is 49.3 Å². The maximum atomic E-state index is 5.97. The first-order chi connectivity index (χ1) is 9.85. The molecule has 2 heterocycles. The molecule has 1 saturated carbocycles. The predicted octanol–water partition coefficient (Wildman–Crippen LogP) is 2.80. The molecule has 1 N–H and O–H groups in total. The Morgan fingerprint density at radius 1 is 1.05 bits per heavy atom. The normalized spacial score (nSPS) is 33.5. The van der Waals surface area contributed by atoms with Gasteiger partial charge in [0.05, 0.1) is 12.2 Å². The Hall–Kier alpha value is -0.120. The first kappa shape index (κ1) is 14.8. The van der Waals surface area contributed by atoms with E-state index in [1.807, 2.05) is 0 Å². The molecule has 2 aliphatic heterocycles. The van der Waals surface area contributed by atoms with E-state index in [-0.39, 0.29) is 0 Å². The zero-order valence-electron chi connectivity index (χ0n) is 13.2. The van der Waals surface area contributed by atoms with Crippen LogP contribution in [0.25, 0.3) is 0 Å². The van der Waals surface area contributed by atoms with Gasteiger partial charge in [-0.2, -0.15) is 0 Å². The van der Waals surface area contributed by atoms with Crippen LogP contribution in [0.1, 0.15) is 58.3 Å². The van der Waals surface area contributed by atoms with Crippen LogP contribution in [0.15, 0.2) is 0 Å². The smallest absolute Gasteiger partial charge is 0.0707 e. The second-order valence-electron chi connectivity index (χ2n) is 7.13. The molecule has 3 rings (SSSR count). The van der Waals surface area contributed by atoms with E-state index >= 15 is 0 Å². The zero-order valence-corrected chi connectivity index (χ0v) is 13.2. The maximum Gasteiger partial charge on any atom is 0.0707 e. The van der Waals surface area contributed by atoms with Crippen LogP contribution >= 0.6 is 0 Å². The van der Waals surface area contributed by atoms with Crippen molar-refractivity contribution in [2.45, 2.75) is 76.5 Å². The number of hydrogen-bond donors (Lipinski definition) is 1. The Morgan fingerprint density at radius 3 is 2.40 bits per heavy atom. The standard InChI is InChI=1S/C17H32N2O/c1-2-10-18-17(14-6-4-3-5-7-14)13-19-11-15-8-9-16(12-19)20-15/h14-18H,2-13H2,1H3.